The van der Waals surface area contributed by atoms with E-state index in [2.05, 4.69) is 33.5 Å². The van der Waals surface area contributed by atoms with E-state index in [-0.39, 0.29) is 23.7 Å². The van der Waals surface area contributed by atoms with Gasteiger partial charge < -0.3 is 14.1 Å². The number of rotatable bonds is 6. The summed E-state index contributed by atoms with van der Waals surface area (Å²) in [4.78, 5) is 15.4. The van der Waals surface area contributed by atoms with Gasteiger partial charge in [-0.25, -0.2) is 4.39 Å². The number of amides is 1. The Morgan fingerprint density at radius 1 is 1.07 bits per heavy atom. The predicted octanol–water partition coefficient (Wildman–Crippen LogP) is 5.24. The molecule has 2 aromatic rings. The standard InChI is InChI=1S/C23H30FNO3Si/c1-16(2)20-23(27-3,28-29(4,5)6)21(17-12-14-19(24)15-13-17)25(20)22(26)18-10-8-7-9-11-18/h7-16,20-21H,1-6H3/t20-,21+,23+/m0/s1. The molecule has 156 valence electrons. The molecular formula is C23H30FNO3Si. The van der Waals surface area contributed by atoms with Crippen molar-refractivity contribution in [3.8, 4) is 0 Å². The molecule has 0 aromatic heterocycles. The van der Waals surface area contributed by atoms with Crippen LogP contribution in [0, 0.1) is 11.7 Å². The van der Waals surface area contributed by atoms with E-state index in [0.717, 1.165) is 5.56 Å². The second kappa shape index (κ2) is 8.01. The van der Waals surface area contributed by atoms with Gasteiger partial charge in [-0.05, 0) is 55.4 Å². The number of methoxy groups -OCH3 is 1. The van der Waals surface area contributed by atoms with Gasteiger partial charge in [0.05, 0.1) is 6.04 Å². The van der Waals surface area contributed by atoms with Crippen LogP contribution in [0.15, 0.2) is 54.6 Å². The molecule has 29 heavy (non-hydrogen) atoms. The highest BCUT2D eigenvalue weighted by molar-refractivity contribution is 6.69. The summed E-state index contributed by atoms with van der Waals surface area (Å²) in [5.41, 5.74) is 1.41. The van der Waals surface area contributed by atoms with Gasteiger partial charge >= 0.3 is 0 Å². The highest BCUT2D eigenvalue weighted by Gasteiger charge is 2.66. The molecular weight excluding hydrogens is 385 g/mol. The van der Waals surface area contributed by atoms with Crippen molar-refractivity contribution in [2.75, 3.05) is 7.11 Å². The van der Waals surface area contributed by atoms with Crippen LogP contribution in [0.1, 0.15) is 35.8 Å². The van der Waals surface area contributed by atoms with Gasteiger partial charge in [-0.3, -0.25) is 4.79 Å². The lowest BCUT2D eigenvalue weighted by Crippen LogP contribution is -2.77. The normalized spacial score (nSPS) is 24.5. The van der Waals surface area contributed by atoms with Gasteiger partial charge in [-0.2, -0.15) is 0 Å². The lowest BCUT2D eigenvalue weighted by Gasteiger charge is -2.64. The van der Waals surface area contributed by atoms with Crippen LogP contribution in [0.5, 0.6) is 0 Å². The van der Waals surface area contributed by atoms with Crippen molar-refractivity contribution in [3.05, 3.63) is 71.5 Å². The number of carbonyl (C=O) groups is 1. The molecule has 4 nitrogen and oxygen atoms in total. The fraction of sp³-hybridized carbons (Fsp3) is 0.435. The Kier molecular flexibility index (Phi) is 5.99. The van der Waals surface area contributed by atoms with Crippen molar-refractivity contribution in [3.63, 3.8) is 0 Å². The summed E-state index contributed by atoms with van der Waals surface area (Å²) < 4.78 is 26.3. The summed E-state index contributed by atoms with van der Waals surface area (Å²) in [6, 6.07) is 14.8. The zero-order chi connectivity index (χ0) is 21.4. The predicted molar refractivity (Wildman–Crippen MR) is 115 cm³/mol. The average Bonchev–Trinajstić information content (AvgIpc) is 2.65. The minimum atomic E-state index is -2.04. The van der Waals surface area contributed by atoms with Crippen molar-refractivity contribution in [1.82, 2.24) is 4.90 Å². The van der Waals surface area contributed by atoms with Gasteiger partial charge in [0.25, 0.3) is 5.91 Å². The Morgan fingerprint density at radius 2 is 1.66 bits per heavy atom. The summed E-state index contributed by atoms with van der Waals surface area (Å²) in [7, 11) is -0.402. The van der Waals surface area contributed by atoms with E-state index in [1.165, 1.54) is 12.1 Å². The molecule has 1 fully saturated rings. The van der Waals surface area contributed by atoms with E-state index < -0.39 is 20.1 Å². The first kappa shape index (κ1) is 21.7. The minimum Gasteiger partial charge on any atom is -0.387 e. The zero-order valence-corrected chi connectivity index (χ0v) is 19.0. The van der Waals surface area contributed by atoms with Crippen molar-refractivity contribution in [2.24, 2.45) is 5.92 Å². The van der Waals surface area contributed by atoms with E-state index in [9.17, 15) is 9.18 Å². The Balaban J connectivity index is 2.13. The minimum absolute atomic E-state index is 0.0783. The highest BCUT2D eigenvalue weighted by Crippen LogP contribution is 2.54. The Hall–Kier alpha value is -2.02. The molecule has 0 bridgehead atoms. The second-order valence-corrected chi connectivity index (χ2v) is 13.3. The molecule has 6 heteroatoms. The molecule has 1 heterocycles. The number of carbonyl (C=O) groups excluding carboxylic acids is 1. The van der Waals surface area contributed by atoms with Crippen LogP contribution in [-0.2, 0) is 9.16 Å². The Bertz CT molecular complexity index is 851. The van der Waals surface area contributed by atoms with Crippen LogP contribution in [0.3, 0.4) is 0 Å². The largest absolute Gasteiger partial charge is 0.387 e. The maximum atomic E-state index is 13.6. The maximum absolute atomic E-state index is 13.6. The number of ether oxygens (including phenoxy) is 1. The van der Waals surface area contributed by atoms with Crippen LogP contribution < -0.4 is 0 Å². The monoisotopic (exact) mass is 415 g/mol. The third-order valence-electron chi connectivity index (χ3n) is 5.23. The quantitative estimate of drug-likeness (QED) is 0.478. The second-order valence-electron chi connectivity index (χ2n) is 8.86. The third-order valence-corrected chi connectivity index (χ3v) is 6.16. The van der Waals surface area contributed by atoms with Crippen LogP contribution in [0.25, 0.3) is 0 Å². The van der Waals surface area contributed by atoms with E-state index in [1.54, 1.807) is 19.2 Å². The number of likely N-dealkylation sites (tertiary alicyclic amines) is 1. The van der Waals surface area contributed by atoms with Crippen molar-refractivity contribution >= 4 is 14.2 Å². The zero-order valence-electron chi connectivity index (χ0n) is 18.0. The van der Waals surface area contributed by atoms with Crippen molar-refractivity contribution in [2.45, 2.75) is 51.4 Å². The van der Waals surface area contributed by atoms with Crippen molar-refractivity contribution in [1.29, 1.82) is 0 Å². The molecule has 0 N–H and O–H groups in total. The summed E-state index contributed by atoms with van der Waals surface area (Å²) in [5.74, 6) is -1.26. The third kappa shape index (κ3) is 4.02. The summed E-state index contributed by atoms with van der Waals surface area (Å²) in [5, 5.41) is 0. The van der Waals surface area contributed by atoms with Gasteiger partial charge in [0.15, 0.2) is 8.32 Å². The highest BCUT2D eigenvalue weighted by atomic mass is 28.4. The van der Waals surface area contributed by atoms with Gasteiger partial charge in [-0.1, -0.05) is 44.2 Å². The molecule has 1 saturated heterocycles. The number of hydrogen-bond acceptors (Lipinski definition) is 3. The smallest absolute Gasteiger partial charge is 0.255 e. The van der Waals surface area contributed by atoms with E-state index >= 15 is 0 Å². The van der Waals surface area contributed by atoms with Crippen LogP contribution in [-0.4, -0.2) is 38.1 Å². The molecule has 3 rings (SSSR count). The first-order chi connectivity index (χ1) is 13.6. The first-order valence-electron chi connectivity index (χ1n) is 9.99. The molecule has 3 atom stereocenters. The number of halogens is 1. The van der Waals surface area contributed by atoms with Gasteiger partial charge in [0.1, 0.15) is 11.9 Å². The number of nitrogens with zero attached hydrogens (tertiary/aromatic N) is 1. The van der Waals surface area contributed by atoms with E-state index in [0.29, 0.717) is 5.56 Å². The molecule has 1 aliphatic rings. The lowest BCUT2D eigenvalue weighted by molar-refractivity contribution is -0.318. The van der Waals surface area contributed by atoms with Crippen LogP contribution in [0.2, 0.25) is 19.6 Å². The molecule has 2 aromatic carbocycles. The molecule has 1 aliphatic heterocycles. The fourth-order valence-corrected chi connectivity index (χ4v) is 5.57. The Morgan fingerprint density at radius 3 is 2.14 bits per heavy atom. The molecule has 0 saturated carbocycles. The topological polar surface area (TPSA) is 38.8 Å². The molecule has 1 amide bonds. The number of benzene rings is 2. The summed E-state index contributed by atoms with van der Waals surface area (Å²) in [6.07, 6.45) is 0. The molecule has 0 radical (unpaired) electrons. The molecule has 0 spiro atoms. The van der Waals surface area contributed by atoms with E-state index in [4.69, 9.17) is 9.16 Å². The summed E-state index contributed by atoms with van der Waals surface area (Å²) >= 11 is 0. The maximum Gasteiger partial charge on any atom is 0.255 e. The lowest BCUT2D eigenvalue weighted by atomic mass is 9.74. The number of hydrogen-bond donors (Lipinski definition) is 0. The average molecular weight is 416 g/mol. The SMILES string of the molecule is CO[C@@]1(O[Si](C)(C)C)[C@H](C(C)C)N(C(=O)c2ccccc2)[C@@H]1c1ccc(F)cc1. The van der Waals surface area contributed by atoms with Gasteiger partial charge in [-0.15, -0.1) is 0 Å². The Labute approximate surface area is 173 Å². The van der Waals surface area contributed by atoms with E-state index in [1.807, 2.05) is 35.2 Å². The van der Waals surface area contributed by atoms with Gasteiger partial charge in [0.2, 0.25) is 5.79 Å². The summed E-state index contributed by atoms with van der Waals surface area (Å²) in [6.45, 7) is 10.5. The molecule has 0 aliphatic carbocycles. The van der Waals surface area contributed by atoms with Crippen LogP contribution in [0.4, 0.5) is 4.39 Å². The van der Waals surface area contributed by atoms with Crippen molar-refractivity contribution < 1.29 is 18.3 Å². The fourth-order valence-electron chi connectivity index (χ4n) is 4.29. The van der Waals surface area contributed by atoms with Gasteiger partial charge in [0, 0.05) is 12.7 Å². The van der Waals surface area contributed by atoms with Crippen LogP contribution >= 0.6 is 0 Å². The first-order valence-corrected chi connectivity index (χ1v) is 13.4. The molecule has 0 unspecified atom stereocenters.